The molecule has 0 unspecified atom stereocenters. The van der Waals surface area contributed by atoms with Gasteiger partial charge in [0.2, 0.25) is 0 Å². The number of nitrogens with zero attached hydrogens (tertiary/aromatic N) is 1. The number of anilines is 1. The number of carbonyl (C=O) groups excluding carboxylic acids is 2. The van der Waals surface area contributed by atoms with Crippen LogP contribution in [0.15, 0.2) is 54.6 Å². The van der Waals surface area contributed by atoms with Crippen molar-refractivity contribution < 1.29 is 9.59 Å². The zero-order chi connectivity index (χ0) is 15.0. The van der Waals surface area contributed by atoms with Crippen LogP contribution in [0.1, 0.15) is 11.1 Å². The molecule has 21 heavy (non-hydrogen) atoms. The highest BCUT2D eigenvalue weighted by molar-refractivity contribution is 6.43. The van der Waals surface area contributed by atoms with Gasteiger partial charge in [-0.15, -0.1) is 0 Å². The molecule has 0 aromatic heterocycles. The molecule has 0 fully saturated rings. The third kappa shape index (κ3) is 2.36. The Morgan fingerprint density at radius 1 is 1.00 bits per heavy atom. The Bertz CT molecular complexity index is 766. The summed E-state index contributed by atoms with van der Waals surface area (Å²) in [4.78, 5) is 25.8. The molecule has 1 aliphatic rings. The second-order valence-electron chi connectivity index (χ2n) is 4.84. The topological polar surface area (TPSA) is 37.4 Å². The fourth-order valence-electron chi connectivity index (χ4n) is 2.26. The summed E-state index contributed by atoms with van der Waals surface area (Å²) in [5.41, 5.74) is 2.52. The molecule has 4 heteroatoms. The van der Waals surface area contributed by atoms with Gasteiger partial charge in [0.25, 0.3) is 11.8 Å². The van der Waals surface area contributed by atoms with E-state index in [0.29, 0.717) is 16.3 Å². The molecule has 2 aromatic carbocycles. The van der Waals surface area contributed by atoms with Gasteiger partial charge < -0.3 is 0 Å². The summed E-state index contributed by atoms with van der Waals surface area (Å²) in [7, 11) is 0. The van der Waals surface area contributed by atoms with Crippen LogP contribution in [-0.4, -0.2) is 11.8 Å². The highest BCUT2D eigenvalue weighted by Gasteiger charge is 2.33. The maximum atomic E-state index is 12.5. The normalized spacial score (nSPS) is 14.6. The van der Waals surface area contributed by atoms with E-state index in [-0.39, 0.29) is 11.8 Å². The second-order valence-corrected chi connectivity index (χ2v) is 5.24. The van der Waals surface area contributed by atoms with E-state index < -0.39 is 0 Å². The predicted molar refractivity (Wildman–Crippen MR) is 83.1 cm³/mol. The van der Waals surface area contributed by atoms with Crippen molar-refractivity contribution in [2.45, 2.75) is 6.92 Å². The smallest absolute Gasteiger partial charge is 0.266 e. The van der Waals surface area contributed by atoms with Crippen LogP contribution in [0.2, 0.25) is 5.02 Å². The number of halogens is 1. The van der Waals surface area contributed by atoms with Crippen molar-refractivity contribution in [3.05, 3.63) is 70.8 Å². The number of hydrogen-bond donors (Lipinski definition) is 0. The molecule has 0 saturated heterocycles. The van der Waals surface area contributed by atoms with Crippen LogP contribution in [0, 0.1) is 6.92 Å². The monoisotopic (exact) mass is 297 g/mol. The van der Waals surface area contributed by atoms with Gasteiger partial charge in [0.05, 0.1) is 11.3 Å². The van der Waals surface area contributed by atoms with Crippen LogP contribution in [-0.2, 0) is 9.59 Å². The summed E-state index contributed by atoms with van der Waals surface area (Å²) in [6.45, 7) is 1.87. The van der Waals surface area contributed by atoms with Crippen molar-refractivity contribution in [1.29, 1.82) is 0 Å². The van der Waals surface area contributed by atoms with Gasteiger partial charge >= 0.3 is 0 Å². The van der Waals surface area contributed by atoms with Gasteiger partial charge in [0, 0.05) is 11.1 Å². The van der Waals surface area contributed by atoms with Crippen LogP contribution >= 0.6 is 11.6 Å². The molecule has 0 aliphatic carbocycles. The standard InChI is InChI=1S/C17H12ClNO2/c1-11-7-8-13(9-15(11)18)19-16(20)10-14(17(19)21)12-5-3-2-4-6-12/h2-10H,1H3. The number of imide groups is 1. The summed E-state index contributed by atoms with van der Waals surface area (Å²) in [5.74, 6) is -0.676. The van der Waals surface area contributed by atoms with Gasteiger partial charge in [-0.1, -0.05) is 48.0 Å². The number of rotatable bonds is 2. The number of aryl methyl sites for hydroxylation is 1. The largest absolute Gasteiger partial charge is 0.269 e. The van der Waals surface area contributed by atoms with E-state index in [1.165, 1.54) is 6.08 Å². The minimum absolute atomic E-state index is 0.328. The number of amides is 2. The van der Waals surface area contributed by atoms with Crippen LogP contribution < -0.4 is 4.90 Å². The van der Waals surface area contributed by atoms with E-state index in [9.17, 15) is 9.59 Å². The van der Waals surface area contributed by atoms with Gasteiger partial charge in [-0.25, -0.2) is 4.90 Å². The molecule has 3 nitrogen and oxygen atoms in total. The molecule has 0 saturated carbocycles. The van der Waals surface area contributed by atoms with Crippen molar-refractivity contribution in [3.63, 3.8) is 0 Å². The number of benzene rings is 2. The van der Waals surface area contributed by atoms with Gasteiger partial charge in [-0.05, 0) is 30.2 Å². The fourth-order valence-corrected chi connectivity index (χ4v) is 2.43. The molecule has 3 rings (SSSR count). The van der Waals surface area contributed by atoms with Crippen molar-refractivity contribution in [3.8, 4) is 0 Å². The lowest BCUT2D eigenvalue weighted by Crippen LogP contribution is -2.30. The van der Waals surface area contributed by atoms with Gasteiger partial charge in [0.15, 0.2) is 0 Å². The van der Waals surface area contributed by atoms with E-state index in [0.717, 1.165) is 16.0 Å². The Labute approximate surface area is 127 Å². The van der Waals surface area contributed by atoms with Crippen molar-refractivity contribution >= 4 is 34.7 Å². The molecular weight excluding hydrogens is 286 g/mol. The van der Waals surface area contributed by atoms with Crippen LogP contribution in [0.4, 0.5) is 5.69 Å². The first-order valence-corrected chi connectivity index (χ1v) is 6.87. The number of carbonyl (C=O) groups is 2. The Hall–Kier alpha value is -2.39. The van der Waals surface area contributed by atoms with Gasteiger partial charge in [-0.3, -0.25) is 9.59 Å². The van der Waals surface area contributed by atoms with Crippen LogP contribution in [0.5, 0.6) is 0 Å². The molecule has 0 spiro atoms. The summed E-state index contributed by atoms with van der Waals surface area (Å²) >= 11 is 6.07. The minimum Gasteiger partial charge on any atom is -0.269 e. The summed E-state index contributed by atoms with van der Waals surface area (Å²) in [6.07, 6.45) is 1.37. The van der Waals surface area contributed by atoms with Crippen molar-refractivity contribution in [1.82, 2.24) is 0 Å². The first-order chi connectivity index (χ1) is 10.1. The Morgan fingerprint density at radius 2 is 1.71 bits per heavy atom. The van der Waals surface area contributed by atoms with Crippen molar-refractivity contribution in [2.24, 2.45) is 0 Å². The van der Waals surface area contributed by atoms with Crippen molar-refractivity contribution in [2.75, 3.05) is 4.90 Å². The zero-order valence-corrected chi connectivity index (χ0v) is 12.1. The Morgan fingerprint density at radius 3 is 2.38 bits per heavy atom. The molecule has 1 aliphatic heterocycles. The lowest BCUT2D eigenvalue weighted by molar-refractivity contribution is -0.119. The average molecular weight is 298 g/mol. The lowest BCUT2D eigenvalue weighted by Gasteiger charge is -2.15. The SMILES string of the molecule is Cc1ccc(N2C(=O)C=C(c3ccccc3)C2=O)cc1Cl. The van der Waals surface area contributed by atoms with Gasteiger partial charge in [-0.2, -0.15) is 0 Å². The fraction of sp³-hybridized carbons (Fsp3) is 0.0588. The van der Waals surface area contributed by atoms with E-state index in [1.54, 1.807) is 18.2 Å². The van der Waals surface area contributed by atoms with E-state index in [2.05, 4.69) is 0 Å². The second kappa shape index (κ2) is 5.19. The molecule has 0 bridgehead atoms. The maximum Gasteiger partial charge on any atom is 0.266 e. The molecule has 1 heterocycles. The summed E-state index contributed by atoms with van der Waals surface area (Å²) in [6, 6.07) is 14.3. The first kappa shape index (κ1) is 13.6. The molecule has 104 valence electrons. The van der Waals surface area contributed by atoms with E-state index >= 15 is 0 Å². The summed E-state index contributed by atoms with van der Waals surface area (Å²) < 4.78 is 0. The predicted octanol–water partition coefficient (Wildman–Crippen LogP) is 3.61. The molecule has 2 aromatic rings. The molecule has 0 radical (unpaired) electrons. The molecule has 0 atom stereocenters. The van der Waals surface area contributed by atoms with E-state index in [4.69, 9.17) is 11.6 Å². The third-order valence-electron chi connectivity index (χ3n) is 3.42. The molecular formula is C17H12ClNO2. The zero-order valence-electron chi connectivity index (χ0n) is 11.3. The van der Waals surface area contributed by atoms with E-state index in [1.807, 2.05) is 37.3 Å². The Balaban J connectivity index is 1.99. The lowest BCUT2D eigenvalue weighted by atomic mass is 10.1. The van der Waals surface area contributed by atoms with Crippen LogP contribution in [0.25, 0.3) is 5.57 Å². The average Bonchev–Trinajstić information content (AvgIpc) is 2.78. The highest BCUT2D eigenvalue weighted by Crippen LogP contribution is 2.30. The van der Waals surface area contributed by atoms with Gasteiger partial charge in [0.1, 0.15) is 0 Å². The molecule has 2 amide bonds. The highest BCUT2D eigenvalue weighted by atomic mass is 35.5. The first-order valence-electron chi connectivity index (χ1n) is 6.49. The third-order valence-corrected chi connectivity index (χ3v) is 3.83. The summed E-state index contributed by atoms with van der Waals surface area (Å²) in [5, 5.41) is 0.529. The Kier molecular flexibility index (Phi) is 3.35. The molecule has 0 N–H and O–H groups in total. The minimum atomic E-state index is -0.348. The number of hydrogen-bond acceptors (Lipinski definition) is 2. The quantitative estimate of drug-likeness (QED) is 0.794. The van der Waals surface area contributed by atoms with Crippen LogP contribution in [0.3, 0.4) is 0 Å². The maximum absolute atomic E-state index is 12.5.